The molecule has 0 unspecified atom stereocenters. The van der Waals surface area contributed by atoms with Crippen LogP contribution in [0.1, 0.15) is 34.6 Å². The van der Waals surface area contributed by atoms with Crippen LogP contribution in [-0.4, -0.2) is 31.4 Å². The summed E-state index contributed by atoms with van der Waals surface area (Å²) in [6, 6.07) is 0. The number of carbonyl (C=O) groups is 5. The van der Waals surface area contributed by atoms with Crippen molar-refractivity contribution in [3.8, 4) is 0 Å². The van der Waals surface area contributed by atoms with Crippen LogP contribution in [0.25, 0.3) is 0 Å². The lowest BCUT2D eigenvalue weighted by Gasteiger charge is -1.24. The normalized spacial score (nSPS) is 4.33. The number of aldehydes is 5. The highest BCUT2D eigenvalue weighted by Crippen LogP contribution is 1.14. The zero-order valence-corrected chi connectivity index (χ0v) is 9.93. The molecule has 0 saturated carbocycles. The highest BCUT2D eigenvalue weighted by Gasteiger charge is 1.25. The highest BCUT2D eigenvalue weighted by molar-refractivity contribution is 5.45. The maximum absolute atomic E-state index is 8.81. The van der Waals surface area contributed by atoms with E-state index in [0.29, 0.717) is 0 Å². The van der Waals surface area contributed by atoms with Gasteiger partial charge in [0.1, 0.15) is 31.4 Å². The first-order chi connectivity index (χ1) is 7.07. The van der Waals surface area contributed by atoms with Crippen molar-refractivity contribution in [2.45, 2.75) is 34.6 Å². The Morgan fingerprint density at radius 1 is 0.400 bits per heavy atom. The first-order valence-corrected chi connectivity index (χ1v) is 4.07. The van der Waals surface area contributed by atoms with Gasteiger partial charge in [-0.1, -0.05) is 0 Å². The van der Waals surface area contributed by atoms with Crippen LogP contribution in [0.3, 0.4) is 0 Å². The van der Waals surface area contributed by atoms with Gasteiger partial charge in [0.2, 0.25) is 0 Å². The Labute approximate surface area is 90.9 Å². The summed E-state index contributed by atoms with van der Waals surface area (Å²) in [7, 11) is 0. The van der Waals surface area contributed by atoms with Gasteiger partial charge in [0.05, 0.1) is 0 Å². The van der Waals surface area contributed by atoms with E-state index in [1.807, 2.05) is 0 Å². The summed E-state index contributed by atoms with van der Waals surface area (Å²) in [6.07, 6.45) is 3.75. The van der Waals surface area contributed by atoms with Crippen molar-refractivity contribution >= 4 is 31.4 Å². The average Bonchev–Trinajstić information content (AvgIpc) is 2.09. The third-order valence-corrected chi connectivity index (χ3v) is 0. The summed E-state index contributed by atoms with van der Waals surface area (Å²) >= 11 is 0. The molecule has 15 heavy (non-hydrogen) atoms. The van der Waals surface area contributed by atoms with Gasteiger partial charge >= 0.3 is 0 Å². The maximum Gasteiger partial charge on any atom is 0.116 e. The molecule has 0 aromatic carbocycles. The van der Waals surface area contributed by atoms with Crippen molar-refractivity contribution in [1.29, 1.82) is 0 Å². The smallest absolute Gasteiger partial charge is 0.116 e. The molecule has 0 fully saturated rings. The quantitative estimate of drug-likeness (QED) is 0.569. The Balaban J connectivity index is -0.0000000278. The molecule has 0 saturated heterocycles. The van der Waals surface area contributed by atoms with Crippen LogP contribution >= 0.6 is 0 Å². The second-order valence-electron chi connectivity index (χ2n) is 1.18. The van der Waals surface area contributed by atoms with Gasteiger partial charge in [-0.05, 0) is 34.6 Å². The zero-order valence-electron chi connectivity index (χ0n) is 9.93. The molecule has 5 heteroatoms. The van der Waals surface area contributed by atoms with Crippen LogP contribution in [0.5, 0.6) is 0 Å². The molecular formula is C10H20O5. The molecule has 0 N–H and O–H groups in total. The molecule has 0 spiro atoms. The van der Waals surface area contributed by atoms with E-state index in [9.17, 15) is 0 Å². The molecule has 0 aliphatic heterocycles. The van der Waals surface area contributed by atoms with Gasteiger partial charge in [-0.15, -0.1) is 0 Å². The number of hydrogen-bond donors (Lipinski definition) is 0. The molecule has 0 aromatic heterocycles. The fourth-order valence-corrected chi connectivity index (χ4v) is 0. The van der Waals surface area contributed by atoms with Crippen LogP contribution < -0.4 is 0 Å². The third-order valence-electron chi connectivity index (χ3n) is 0. The largest absolute Gasteiger partial charge is 0.304 e. The average molecular weight is 220 g/mol. The maximum atomic E-state index is 8.81. The molecule has 0 atom stereocenters. The van der Waals surface area contributed by atoms with Gasteiger partial charge in [0.25, 0.3) is 0 Å². The topological polar surface area (TPSA) is 85.3 Å². The summed E-state index contributed by atoms with van der Waals surface area (Å²) in [5.74, 6) is 0. The number of rotatable bonds is 0. The minimum atomic E-state index is 0.750. The minimum absolute atomic E-state index is 0.750. The predicted octanol–water partition coefficient (Wildman–Crippen LogP) is 1.03. The zero-order chi connectivity index (χ0) is 13.5. The first-order valence-electron chi connectivity index (χ1n) is 4.07. The lowest BCUT2D eigenvalue weighted by Crippen LogP contribution is -1.36. The number of carbonyl (C=O) groups excluding carboxylic acids is 5. The van der Waals surface area contributed by atoms with E-state index in [2.05, 4.69) is 0 Å². The van der Waals surface area contributed by atoms with E-state index in [1.54, 1.807) is 0 Å². The summed E-state index contributed by atoms with van der Waals surface area (Å²) < 4.78 is 0. The van der Waals surface area contributed by atoms with Crippen LogP contribution in [0.15, 0.2) is 0 Å². The molecule has 90 valence electrons. The van der Waals surface area contributed by atoms with Crippen molar-refractivity contribution in [3.63, 3.8) is 0 Å². The van der Waals surface area contributed by atoms with Crippen molar-refractivity contribution in [2.75, 3.05) is 0 Å². The second-order valence-corrected chi connectivity index (χ2v) is 1.18. The molecule has 0 radical (unpaired) electrons. The van der Waals surface area contributed by atoms with Crippen molar-refractivity contribution in [2.24, 2.45) is 0 Å². The lowest BCUT2D eigenvalue weighted by atomic mass is 11.0. The van der Waals surface area contributed by atoms with Gasteiger partial charge in [0.15, 0.2) is 0 Å². The van der Waals surface area contributed by atoms with E-state index in [0.717, 1.165) is 31.4 Å². The monoisotopic (exact) mass is 220 g/mol. The van der Waals surface area contributed by atoms with Crippen molar-refractivity contribution < 1.29 is 24.0 Å². The fraction of sp³-hybridized carbons (Fsp3) is 0.500. The van der Waals surface area contributed by atoms with Gasteiger partial charge < -0.3 is 24.0 Å². The van der Waals surface area contributed by atoms with Crippen molar-refractivity contribution in [3.05, 3.63) is 0 Å². The van der Waals surface area contributed by atoms with Crippen LogP contribution in [-0.2, 0) is 24.0 Å². The van der Waals surface area contributed by atoms with E-state index < -0.39 is 0 Å². The molecule has 0 aliphatic rings. The van der Waals surface area contributed by atoms with Gasteiger partial charge in [-0.2, -0.15) is 0 Å². The molecule has 0 bridgehead atoms. The Morgan fingerprint density at radius 3 is 0.400 bits per heavy atom. The van der Waals surface area contributed by atoms with E-state index in [-0.39, 0.29) is 0 Å². The Hall–Kier alpha value is -1.65. The molecule has 5 nitrogen and oxygen atoms in total. The molecule has 0 aliphatic carbocycles. The van der Waals surface area contributed by atoms with Gasteiger partial charge in [-0.25, -0.2) is 0 Å². The molecular weight excluding hydrogens is 200 g/mol. The van der Waals surface area contributed by atoms with Crippen LogP contribution in [0.4, 0.5) is 0 Å². The Bertz CT molecular complexity index is 86.2. The van der Waals surface area contributed by atoms with Crippen LogP contribution in [0, 0.1) is 0 Å². The summed E-state index contributed by atoms with van der Waals surface area (Å²) in [4.78, 5) is 44.0. The molecule has 0 amide bonds. The molecule has 0 rings (SSSR count). The Morgan fingerprint density at radius 2 is 0.400 bits per heavy atom. The van der Waals surface area contributed by atoms with E-state index in [4.69, 9.17) is 24.0 Å². The van der Waals surface area contributed by atoms with Crippen LogP contribution in [0.2, 0.25) is 0 Å². The lowest BCUT2D eigenvalue weighted by molar-refractivity contribution is -0.106. The summed E-state index contributed by atoms with van der Waals surface area (Å²) in [5.41, 5.74) is 0. The van der Waals surface area contributed by atoms with E-state index >= 15 is 0 Å². The van der Waals surface area contributed by atoms with Gasteiger partial charge in [0, 0.05) is 0 Å². The first kappa shape index (κ1) is 29.2. The molecule has 0 aromatic rings. The summed E-state index contributed by atoms with van der Waals surface area (Å²) in [5, 5.41) is 0. The Kier molecular flexibility index (Phi) is 276. The summed E-state index contributed by atoms with van der Waals surface area (Å²) in [6.45, 7) is 7.22. The molecule has 0 heterocycles. The second kappa shape index (κ2) is 142. The highest BCUT2D eigenvalue weighted by atomic mass is 16.1. The van der Waals surface area contributed by atoms with Gasteiger partial charge in [-0.3, -0.25) is 0 Å². The SMILES string of the molecule is CC=O.CC=O.CC=O.CC=O.CC=O. The fourth-order valence-electron chi connectivity index (χ4n) is 0. The van der Waals surface area contributed by atoms with E-state index in [1.165, 1.54) is 34.6 Å². The minimum Gasteiger partial charge on any atom is -0.304 e. The van der Waals surface area contributed by atoms with Crippen molar-refractivity contribution in [1.82, 2.24) is 0 Å². The third kappa shape index (κ3) is 486. The number of hydrogen-bond acceptors (Lipinski definition) is 5. The standard InChI is InChI=1S/5C2H4O/c5*1-2-3/h5*2H,1H3. The predicted molar refractivity (Wildman–Crippen MR) is 58.7 cm³/mol.